The summed E-state index contributed by atoms with van der Waals surface area (Å²) in [6.45, 7) is 0.458. The first-order chi connectivity index (χ1) is 8.58. The van der Waals surface area contributed by atoms with E-state index in [1.54, 1.807) is 23.6 Å². The molecule has 1 amide bonds. The summed E-state index contributed by atoms with van der Waals surface area (Å²) >= 11 is 14.1. The van der Waals surface area contributed by atoms with Crippen LogP contribution in [0.25, 0.3) is 0 Å². The van der Waals surface area contributed by atoms with E-state index < -0.39 is 0 Å². The minimum Gasteiger partial charge on any atom is -0.347 e. The first-order valence-corrected chi connectivity index (χ1v) is 7.73. The van der Waals surface area contributed by atoms with E-state index >= 15 is 0 Å². The third-order valence-electron chi connectivity index (χ3n) is 2.15. The molecular weight excluding hydrogens is 403 g/mol. The lowest BCUT2D eigenvalue weighted by Gasteiger charge is -2.06. The Morgan fingerprint density at radius 2 is 2.28 bits per heavy atom. The molecule has 94 valence electrons. The van der Waals surface area contributed by atoms with Crippen LogP contribution in [0.2, 0.25) is 5.15 Å². The minimum absolute atomic E-state index is 0.195. The predicted molar refractivity (Wildman–Crippen MR) is 80.1 cm³/mol. The molecule has 0 aliphatic carbocycles. The van der Waals surface area contributed by atoms with E-state index in [-0.39, 0.29) is 11.1 Å². The van der Waals surface area contributed by atoms with Gasteiger partial charge in [0, 0.05) is 20.0 Å². The number of thiophene rings is 1. The highest BCUT2D eigenvalue weighted by molar-refractivity contribution is 9.10. The lowest BCUT2D eigenvalue weighted by atomic mass is 10.2. The van der Waals surface area contributed by atoms with Gasteiger partial charge in [-0.2, -0.15) is 0 Å². The van der Waals surface area contributed by atoms with Crippen LogP contribution in [0.15, 0.2) is 32.7 Å². The molecule has 2 aromatic rings. The van der Waals surface area contributed by atoms with Crippen molar-refractivity contribution in [2.45, 2.75) is 6.54 Å². The molecule has 0 fully saturated rings. The molecule has 0 saturated heterocycles. The molecule has 3 nitrogen and oxygen atoms in total. The smallest absolute Gasteiger partial charge is 0.254 e. The zero-order valence-electron chi connectivity index (χ0n) is 8.91. The summed E-state index contributed by atoms with van der Waals surface area (Å²) in [6.07, 6.45) is 1.55. The summed E-state index contributed by atoms with van der Waals surface area (Å²) in [5, 5.41) is 4.96. The quantitative estimate of drug-likeness (QED) is 0.769. The standard InChI is InChI=1S/C11H7Br2ClN2OS/c12-6-3-7(10(14)15-4-6)11(17)16-5-9-8(13)1-2-18-9/h1-4H,5H2,(H,16,17). The van der Waals surface area contributed by atoms with Gasteiger partial charge in [-0.3, -0.25) is 4.79 Å². The van der Waals surface area contributed by atoms with E-state index in [2.05, 4.69) is 42.2 Å². The zero-order valence-corrected chi connectivity index (χ0v) is 13.7. The Morgan fingerprint density at radius 3 is 2.94 bits per heavy atom. The molecule has 0 unspecified atom stereocenters. The topological polar surface area (TPSA) is 42.0 Å². The Hall–Kier alpha value is -0.430. The maximum Gasteiger partial charge on any atom is 0.254 e. The van der Waals surface area contributed by atoms with Crippen LogP contribution in [0, 0.1) is 0 Å². The zero-order chi connectivity index (χ0) is 13.1. The van der Waals surface area contributed by atoms with Crippen molar-refractivity contribution in [3.63, 3.8) is 0 Å². The van der Waals surface area contributed by atoms with Gasteiger partial charge < -0.3 is 5.32 Å². The van der Waals surface area contributed by atoms with Crippen LogP contribution in [0.5, 0.6) is 0 Å². The number of carbonyl (C=O) groups excluding carboxylic acids is 1. The second-order valence-corrected chi connectivity index (χ2v) is 6.49. The molecule has 0 atom stereocenters. The van der Waals surface area contributed by atoms with E-state index in [1.165, 1.54) is 0 Å². The van der Waals surface area contributed by atoms with Crippen molar-refractivity contribution in [2.24, 2.45) is 0 Å². The molecule has 2 aromatic heterocycles. The largest absolute Gasteiger partial charge is 0.347 e. The molecule has 1 N–H and O–H groups in total. The monoisotopic (exact) mass is 408 g/mol. The molecule has 0 saturated carbocycles. The summed E-state index contributed by atoms with van der Waals surface area (Å²) in [7, 11) is 0. The van der Waals surface area contributed by atoms with Gasteiger partial charge >= 0.3 is 0 Å². The number of carbonyl (C=O) groups is 1. The van der Waals surface area contributed by atoms with Gasteiger partial charge in [0.2, 0.25) is 0 Å². The van der Waals surface area contributed by atoms with Gasteiger partial charge in [-0.15, -0.1) is 11.3 Å². The average molecular weight is 411 g/mol. The van der Waals surface area contributed by atoms with Crippen LogP contribution in [-0.2, 0) is 6.54 Å². The maximum absolute atomic E-state index is 12.0. The second-order valence-electron chi connectivity index (χ2n) is 3.37. The number of pyridine rings is 1. The van der Waals surface area contributed by atoms with Gasteiger partial charge in [-0.1, -0.05) is 11.6 Å². The van der Waals surface area contributed by atoms with Crippen molar-refractivity contribution in [1.82, 2.24) is 10.3 Å². The van der Waals surface area contributed by atoms with Crippen molar-refractivity contribution >= 4 is 60.7 Å². The Labute approximate surface area is 130 Å². The SMILES string of the molecule is O=C(NCc1sccc1Br)c1cc(Br)cnc1Cl. The molecule has 7 heteroatoms. The van der Waals surface area contributed by atoms with Crippen molar-refractivity contribution < 1.29 is 4.79 Å². The maximum atomic E-state index is 12.0. The second kappa shape index (κ2) is 6.14. The van der Waals surface area contributed by atoms with Crippen molar-refractivity contribution in [1.29, 1.82) is 0 Å². The van der Waals surface area contributed by atoms with E-state index in [0.29, 0.717) is 16.6 Å². The average Bonchev–Trinajstić information content (AvgIpc) is 2.75. The number of amides is 1. The fraction of sp³-hybridized carbons (Fsp3) is 0.0909. The Kier molecular flexibility index (Phi) is 4.77. The van der Waals surface area contributed by atoms with Crippen LogP contribution < -0.4 is 5.32 Å². The van der Waals surface area contributed by atoms with E-state index in [9.17, 15) is 4.79 Å². The van der Waals surface area contributed by atoms with Gasteiger partial charge in [0.15, 0.2) is 0 Å². The highest BCUT2D eigenvalue weighted by atomic mass is 79.9. The number of hydrogen-bond donors (Lipinski definition) is 1. The third-order valence-corrected chi connectivity index (χ3v) is 4.81. The fourth-order valence-corrected chi connectivity index (χ4v) is 3.24. The molecule has 2 heterocycles. The number of hydrogen-bond acceptors (Lipinski definition) is 3. The summed E-state index contributed by atoms with van der Waals surface area (Å²) in [6, 6.07) is 3.59. The van der Waals surface area contributed by atoms with Gasteiger partial charge in [0.1, 0.15) is 5.15 Å². The minimum atomic E-state index is -0.242. The molecule has 0 aromatic carbocycles. The Morgan fingerprint density at radius 1 is 1.50 bits per heavy atom. The van der Waals surface area contributed by atoms with Gasteiger partial charge in [0.25, 0.3) is 5.91 Å². The molecule has 2 rings (SSSR count). The van der Waals surface area contributed by atoms with Crippen LogP contribution in [-0.4, -0.2) is 10.9 Å². The molecule has 0 aliphatic rings. The third kappa shape index (κ3) is 3.32. The molecule has 0 bridgehead atoms. The van der Waals surface area contributed by atoms with Crippen LogP contribution in [0.4, 0.5) is 0 Å². The highest BCUT2D eigenvalue weighted by Crippen LogP contribution is 2.23. The molecule has 0 spiro atoms. The molecule has 18 heavy (non-hydrogen) atoms. The highest BCUT2D eigenvalue weighted by Gasteiger charge is 2.12. The number of aromatic nitrogens is 1. The normalized spacial score (nSPS) is 10.4. The fourth-order valence-electron chi connectivity index (χ4n) is 1.29. The summed E-state index contributed by atoms with van der Waals surface area (Å²) < 4.78 is 1.71. The lowest BCUT2D eigenvalue weighted by Crippen LogP contribution is -2.23. The summed E-state index contributed by atoms with van der Waals surface area (Å²) in [5.74, 6) is -0.242. The summed E-state index contributed by atoms with van der Waals surface area (Å²) in [4.78, 5) is 16.9. The number of halogens is 3. The molecule has 0 radical (unpaired) electrons. The molecular formula is C11H7Br2ClN2OS. The van der Waals surface area contributed by atoms with Crippen molar-refractivity contribution in [3.8, 4) is 0 Å². The lowest BCUT2D eigenvalue weighted by molar-refractivity contribution is 0.0951. The number of nitrogens with one attached hydrogen (secondary N) is 1. The van der Waals surface area contributed by atoms with E-state index in [0.717, 1.165) is 9.35 Å². The van der Waals surface area contributed by atoms with Crippen LogP contribution in [0.3, 0.4) is 0 Å². The number of rotatable bonds is 3. The first kappa shape index (κ1) is 14.0. The van der Waals surface area contributed by atoms with Gasteiger partial charge in [-0.05, 0) is 49.4 Å². The van der Waals surface area contributed by atoms with Crippen molar-refractivity contribution in [3.05, 3.63) is 48.2 Å². The van der Waals surface area contributed by atoms with Crippen molar-refractivity contribution in [2.75, 3.05) is 0 Å². The molecule has 0 aliphatic heterocycles. The number of nitrogens with zero attached hydrogens (tertiary/aromatic N) is 1. The Bertz CT molecular complexity index is 588. The van der Waals surface area contributed by atoms with E-state index in [1.807, 2.05) is 11.4 Å². The van der Waals surface area contributed by atoms with Crippen LogP contribution >= 0.6 is 54.8 Å². The summed E-state index contributed by atoms with van der Waals surface area (Å²) in [5.41, 5.74) is 0.360. The predicted octanol–water partition coefficient (Wildman–Crippen LogP) is 4.25. The van der Waals surface area contributed by atoms with Gasteiger partial charge in [-0.25, -0.2) is 4.98 Å². The van der Waals surface area contributed by atoms with Crippen LogP contribution in [0.1, 0.15) is 15.2 Å². The first-order valence-electron chi connectivity index (χ1n) is 4.89. The van der Waals surface area contributed by atoms with Gasteiger partial charge in [0.05, 0.1) is 12.1 Å². The Balaban J connectivity index is 2.08. The van der Waals surface area contributed by atoms with E-state index in [4.69, 9.17) is 11.6 Å².